The predicted molar refractivity (Wildman–Crippen MR) is 89.1 cm³/mol. The molecule has 0 spiro atoms. The number of rotatable bonds is 3. The minimum absolute atomic E-state index is 0.0194. The highest BCUT2D eigenvalue weighted by Crippen LogP contribution is 2.24. The van der Waals surface area contributed by atoms with Gasteiger partial charge in [-0.15, -0.1) is 0 Å². The number of nitrogens with one attached hydrogen (secondary N) is 1. The average Bonchev–Trinajstić information content (AvgIpc) is 3.08. The van der Waals surface area contributed by atoms with Crippen molar-refractivity contribution in [2.24, 2.45) is 0 Å². The first kappa shape index (κ1) is 15.6. The van der Waals surface area contributed by atoms with E-state index in [4.69, 9.17) is 11.6 Å². The van der Waals surface area contributed by atoms with Crippen LogP contribution in [0.4, 0.5) is 4.79 Å². The molecule has 0 unspecified atom stereocenters. The van der Waals surface area contributed by atoms with E-state index < -0.39 is 0 Å². The molecule has 0 bridgehead atoms. The molecule has 5 heteroatoms. The van der Waals surface area contributed by atoms with Crippen molar-refractivity contribution in [2.75, 3.05) is 26.2 Å². The maximum Gasteiger partial charge on any atom is 0.317 e. The van der Waals surface area contributed by atoms with Crippen molar-refractivity contribution < 1.29 is 4.79 Å². The van der Waals surface area contributed by atoms with Crippen molar-refractivity contribution in [1.29, 1.82) is 0 Å². The molecule has 120 valence electrons. The molecule has 1 aromatic carbocycles. The molecule has 0 aromatic heterocycles. The molecule has 3 rings (SSSR count). The van der Waals surface area contributed by atoms with Gasteiger partial charge in [0.15, 0.2) is 0 Å². The zero-order chi connectivity index (χ0) is 15.4. The Balaban J connectivity index is 1.45. The van der Waals surface area contributed by atoms with Crippen LogP contribution in [0.3, 0.4) is 0 Å². The third-order valence-electron chi connectivity index (χ3n) is 4.83. The van der Waals surface area contributed by atoms with Gasteiger partial charge in [-0.05, 0) is 24.5 Å². The van der Waals surface area contributed by atoms with Gasteiger partial charge in [0.25, 0.3) is 0 Å². The van der Waals surface area contributed by atoms with Crippen LogP contribution in [0, 0.1) is 0 Å². The molecule has 0 atom stereocenters. The number of hydrogen-bond donors (Lipinski definition) is 1. The maximum absolute atomic E-state index is 12.3. The molecule has 2 amide bonds. The Morgan fingerprint density at radius 1 is 1.14 bits per heavy atom. The van der Waals surface area contributed by atoms with E-state index in [2.05, 4.69) is 10.2 Å². The van der Waals surface area contributed by atoms with Gasteiger partial charge >= 0.3 is 6.03 Å². The van der Waals surface area contributed by atoms with Crippen molar-refractivity contribution in [2.45, 2.75) is 38.3 Å². The number of amides is 2. The highest BCUT2D eigenvalue weighted by Gasteiger charge is 2.27. The molecule has 1 heterocycles. The van der Waals surface area contributed by atoms with Gasteiger partial charge in [0.2, 0.25) is 0 Å². The van der Waals surface area contributed by atoms with E-state index in [1.807, 2.05) is 29.2 Å². The number of nitrogens with zero attached hydrogens (tertiary/aromatic N) is 2. The van der Waals surface area contributed by atoms with Crippen LogP contribution < -0.4 is 5.32 Å². The van der Waals surface area contributed by atoms with Crippen LogP contribution in [0.5, 0.6) is 0 Å². The fourth-order valence-electron chi connectivity index (χ4n) is 3.48. The van der Waals surface area contributed by atoms with Gasteiger partial charge in [-0.25, -0.2) is 4.79 Å². The van der Waals surface area contributed by atoms with Gasteiger partial charge in [-0.3, -0.25) is 4.90 Å². The summed E-state index contributed by atoms with van der Waals surface area (Å²) in [5, 5.41) is 3.68. The summed E-state index contributed by atoms with van der Waals surface area (Å²) in [6.07, 6.45) is 5.39. The zero-order valence-electron chi connectivity index (χ0n) is 12.9. The van der Waals surface area contributed by atoms with Crippen LogP contribution in [0.25, 0.3) is 0 Å². The molecule has 4 nitrogen and oxygen atoms in total. The van der Waals surface area contributed by atoms with Crippen LogP contribution in [0.2, 0.25) is 5.02 Å². The van der Waals surface area contributed by atoms with Gasteiger partial charge in [0, 0.05) is 43.8 Å². The van der Waals surface area contributed by atoms with E-state index >= 15 is 0 Å². The van der Waals surface area contributed by atoms with E-state index in [1.165, 1.54) is 25.7 Å². The molecule has 1 saturated carbocycles. The minimum atomic E-state index is 0.0194. The highest BCUT2D eigenvalue weighted by molar-refractivity contribution is 6.31. The fraction of sp³-hybridized carbons (Fsp3) is 0.588. The van der Waals surface area contributed by atoms with E-state index in [-0.39, 0.29) is 6.03 Å². The van der Waals surface area contributed by atoms with Gasteiger partial charge < -0.3 is 10.2 Å². The van der Waals surface area contributed by atoms with E-state index in [9.17, 15) is 4.79 Å². The summed E-state index contributed by atoms with van der Waals surface area (Å²) in [5.41, 5.74) is 0.960. The number of urea groups is 1. The standard InChI is InChI=1S/C17H24ClN3O/c18-16-8-4-1-5-14(16)13-19-17(22)21-11-9-20(10-12-21)15-6-2-3-7-15/h1,4-5,8,15H,2-3,6-7,9-13H2,(H,19,22). The molecule has 2 fully saturated rings. The van der Waals surface area contributed by atoms with Crippen LogP contribution in [-0.2, 0) is 6.54 Å². The van der Waals surface area contributed by atoms with Crippen molar-refractivity contribution in [3.05, 3.63) is 34.9 Å². The Morgan fingerprint density at radius 3 is 2.50 bits per heavy atom. The molecule has 0 radical (unpaired) electrons. The minimum Gasteiger partial charge on any atom is -0.334 e. The smallest absolute Gasteiger partial charge is 0.317 e. The Morgan fingerprint density at radius 2 is 1.82 bits per heavy atom. The van der Waals surface area contributed by atoms with Crippen LogP contribution in [0.15, 0.2) is 24.3 Å². The number of hydrogen-bond acceptors (Lipinski definition) is 2. The summed E-state index contributed by atoms with van der Waals surface area (Å²) in [7, 11) is 0. The predicted octanol–water partition coefficient (Wildman–Crippen LogP) is 3.11. The first-order valence-electron chi connectivity index (χ1n) is 8.24. The second-order valence-corrected chi connectivity index (χ2v) is 6.62. The zero-order valence-corrected chi connectivity index (χ0v) is 13.7. The van der Waals surface area contributed by atoms with Crippen LogP contribution in [-0.4, -0.2) is 48.1 Å². The first-order chi connectivity index (χ1) is 10.7. The quantitative estimate of drug-likeness (QED) is 0.928. The van der Waals surface area contributed by atoms with Gasteiger partial charge in [0.1, 0.15) is 0 Å². The second kappa shape index (κ2) is 7.34. The molecule has 1 aliphatic heterocycles. The SMILES string of the molecule is O=C(NCc1ccccc1Cl)N1CCN(C2CCCC2)CC1. The molecule has 1 saturated heterocycles. The Hall–Kier alpha value is -1.26. The molecule has 1 aromatic rings. The summed E-state index contributed by atoms with van der Waals surface area (Å²) in [6, 6.07) is 8.41. The molecule has 1 N–H and O–H groups in total. The third kappa shape index (κ3) is 3.73. The van der Waals surface area contributed by atoms with E-state index in [0.29, 0.717) is 11.6 Å². The normalized spacial score (nSPS) is 20.3. The highest BCUT2D eigenvalue weighted by atomic mass is 35.5. The summed E-state index contributed by atoms with van der Waals surface area (Å²) < 4.78 is 0. The van der Waals surface area contributed by atoms with Crippen LogP contribution >= 0.6 is 11.6 Å². The summed E-state index contributed by atoms with van der Waals surface area (Å²) in [6.45, 7) is 4.14. The third-order valence-corrected chi connectivity index (χ3v) is 5.20. The topological polar surface area (TPSA) is 35.6 Å². The van der Waals surface area contributed by atoms with E-state index in [0.717, 1.165) is 37.8 Å². The molecule has 2 aliphatic rings. The fourth-order valence-corrected chi connectivity index (χ4v) is 3.69. The van der Waals surface area contributed by atoms with Crippen molar-refractivity contribution in [3.63, 3.8) is 0 Å². The van der Waals surface area contributed by atoms with Gasteiger partial charge in [-0.2, -0.15) is 0 Å². The number of benzene rings is 1. The van der Waals surface area contributed by atoms with Crippen molar-refractivity contribution in [1.82, 2.24) is 15.1 Å². The Kier molecular flexibility index (Phi) is 5.21. The molecular weight excluding hydrogens is 298 g/mol. The molecule has 22 heavy (non-hydrogen) atoms. The number of carbonyl (C=O) groups is 1. The lowest BCUT2D eigenvalue weighted by atomic mass is 10.2. The number of halogens is 1. The average molecular weight is 322 g/mol. The Bertz CT molecular complexity index is 508. The van der Waals surface area contributed by atoms with Crippen molar-refractivity contribution in [3.8, 4) is 0 Å². The summed E-state index contributed by atoms with van der Waals surface area (Å²) >= 11 is 6.11. The second-order valence-electron chi connectivity index (χ2n) is 6.21. The summed E-state index contributed by atoms with van der Waals surface area (Å²) in [4.78, 5) is 16.7. The van der Waals surface area contributed by atoms with Gasteiger partial charge in [-0.1, -0.05) is 42.6 Å². The van der Waals surface area contributed by atoms with Crippen molar-refractivity contribution >= 4 is 17.6 Å². The molecular formula is C17H24ClN3O. The largest absolute Gasteiger partial charge is 0.334 e. The monoisotopic (exact) mass is 321 g/mol. The van der Waals surface area contributed by atoms with Crippen LogP contribution in [0.1, 0.15) is 31.2 Å². The lowest BCUT2D eigenvalue weighted by Gasteiger charge is -2.38. The number of carbonyl (C=O) groups excluding carboxylic acids is 1. The number of piperazine rings is 1. The Labute approximate surface area is 137 Å². The molecule has 1 aliphatic carbocycles. The van der Waals surface area contributed by atoms with E-state index in [1.54, 1.807) is 0 Å². The summed E-state index contributed by atoms with van der Waals surface area (Å²) in [5.74, 6) is 0. The first-order valence-corrected chi connectivity index (χ1v) is 8.62. The lowest BCUT2D eigenvalue weighted by molar-refractivity contribution is 0.109. The lowest BCUT2D eigenvalue weighted by Crippen LogP contribution is -2.53. The maximum atomic E-state index is 12.3. The van der Waals surface area contributed by atoms with Gasteiger partial charge in [0.05, 0.1) is 0 Å².